The molecule has 2 atom stereocenters. The minimum Gasteiger partial charge on any atom is -0.455 e. The summed E-state index contributed by atoms with van der Waals surface area (Å²) in [6.07, 6.45) is 0.594. The van der Waals surface area contributed by atoms with E-state index in [0.29, 0.717) is 31.0 Å². The monoisotopic (exact) mass is 359 g/mol. The van der Waals surface area contributed by atoms with Crippen molar-refractivity contribution in [2.24, 2.45) is 5.92 Å². The summed E-state index contributed by atoms with van der Waals surface area (Å²) < 4.78 is 5.76. The molecule has 3 rings (SSSR count). The Morgan fingerprint density at radius 2 is 2.04 bits per heavy atom. The van der Waals surface area contributed by atoms with E-state index in [1.807, 2.05) is 19.9 Å². The molecule has 1 aromatic carbocycles. The Bertz CT molecular complexity index is 736. The Balaban J connectivity index is 1.59. The second-order valence-corrected chi connectivity index (χ2v) is 8.18. The van der Waals surface area contributed by atoms with Gasteiger partial charge in [0.2, 0.25) is 0 Å². The number of piperidine rings is 1. The third-order valence-corrected chi connectivity index (χ3v) is 6.04. The normalized spacial score (nSPS) is 23.7. The zero-order valence-electron chi connectivity index (χ0n) is 15.0. The van der Waals surface area contributed by atoms with Crippen LogP contribution in [0.25, 0.3) is 0 Å². The molecular weight excluding hydrogens is 334 g/mol. The van der Waals surface area contributed by atoms with E-state index in [1.54, 1.807) is 22.7 Å². The Morgan fingerprint density at radius 1 is 1.32 bits per heavy atom. The standard InChI is InChI=1S/C20H25NO3S/c1-14-4-7-17(8-5-14)25-13-16-6-9-18(24-16)19(22)21-11-10-20(3,23)15(2)12-21/h4-9,15,23H,10-13H2,1-3H3. The molecular formula is C20H25NO3S. The molecule has 1 amide bonds. The van der Waals surface area contributed by atoms with Gasteiger partial charge < -0.3 is 14.4 Å². The first kappa shape index (κ1) is 18.1. The fraction of sp³-hybridized carbons (Fsp3) is 0.450. The number of carbonyl (C=O) groups is 1. The average molecular weight is 359 g/mol. The molecule has 1 aromatic heterocycles. The van der Waals surface area contributed by atoms with Crippen LogP contribution in [0.15, 0.2) is 45.7 Å². The van der Waals surface area contributed by atoms with Crippen LogP contribution >= 0.6 is 11.8 Å². The van der Waals surface area contributed by atoms with Crippen LogP contribution in [-0.4, -0.2) is 34.6 Å². The molecule has 1 fully saturated rings. The first-order valence-corrected chi connectivity index (χ1v) is 9.63. The maximum absolute atomic E-state index is 12.6. The lowest BCUT2D eigenvalue weighted by atomic mass is 9.84. The first-order valence-electron chi connectivity index (χ1n) is 8.65. The lowest BCUT2D eigenvalue weighted by Crippen LogP contribution is -2.50. The molecule has 2 heterocycles. The van der Waals surface area contributed by atoms with Crippen LogP contribution in [0.1, 0.15) is 42.1 Å². The fourth-order valence-electron chi connectivity index (χ4n) is 2.93. The van der Waals surface area contributed by atoms with Gasteiger partial charge in [-0.2, -0.15) is 0 Å². The Morgan fingerprint density at radius 3 is 2.72 bits per heavy atom. The number of likely N-dealkylation sites (tertiary alicyclic amines) is 1. The second-order valence-electron chi connectivity index (χ2n) is 7.13. The maximum Gasteiger partial charge on any atom is 0.289 e. The number of nitrogens with zero attached hydrogens (tertiary/aromatic N) is 1. The van der Waals surface area contributed by atoms with Crippen LogP contribution < -0.4 is 0 Å². The van der Waals surface area contributed by atoms with Gasteiger partial charge in [-0.3, -0.25) is 4.79 Å². The molecule has 0 radical (unpaired) electrons. The topological polar surface area (TPSA) is 53.7 Å². The number of thioether (sulfide) groups is 1. The molecule has 0 aliphatic carbocycles. The molecule has 0 bridgehead atoms. The van der Waals surface area contributed by atoms with E-state index < -0.39 is 5.60 Å². The Labute approximate surface area is 153 Å². The molecule has 2 aromatic rings. The number of furan rings is 1. The molecule has 2 unspecified atom stereocenters. The van der Waals surface area contributed by atoms with Crippen molar-refractivity contribution in [2.75, 3.05) is 13.1 Å². The average Bonchev–Trinajstić information content (AvgIpc) is 3.05. The summed E-state index contributed by atoms with van der Waals surface area (Å²) >= 11 is 1.69. The van der Waals surface area contributed by atoms with E-state index in [0.717, 1.165) is 5.76 Å². The van der Waals surface area contributed by atoms with Crippen molar-refractivity contribution in [3.63, 3.8) is 0 Å². The van der Waals surface area contributed by atoms with Crippen LogP contribution in [0.4, 0.5) is 0 Å². The summed E-state index contributed by atoms with van der Waals surface area (Å²) in [5.41, 5.74) is 0.542. The zero-order valence-corrected chi connectivity index (χ0v) is 15.8. The molecule has 1 N–H and O–H groups in total. The van der Waals surface area contributed by atoms with Gasteiger partial charge >= 0.3 is 0 Å². The van der Waals surface area contributed by atoms with Gasteiger partial charge in [-0.25, -0.2) is 0 Å². The third kappa shape index (κ3) is 4.28. The SMILES string of the molecule is Cc1ccc(SCc2ccc(C(=O)N3CCC(C)(O)C(C)C3)o2)cc1. The minimum atomic E-state index is -0.699. The van der Waals surface area contributed by atoms with Crippen molar-refractivity contribution in [1.82, 2.24) is 4.90 Å². The van der Waals surface area contributed by atoms with E-state index in [4.69, 9.17) is 4.42 Å². The van der Waals surface area contributed by atoms with E-state index >= 15 is 0 Å². The van der Waals surface area contributed by atoms with Crippen LogP contribution in [-0.2, 0) is 5.75 Å². The Kier molecular flexibility index (Phi) is 5.25. The molecule has 25 heavy (non-hydrogen) atoms. The molecule has 134 valence electrons. The van der Waals surface area contributed by atoms with Crippen LogP contribution in [0.3, 0.4) is 0 Å². The lowest BCUT2D eigenvalue weighted by Gasteiger charge is -2.40. The molecule has 4 nitrogen and oxygen atoms in total. The first-order chi connectivity index (χ1) is 11.8. The molecule has 0 spiro atoms. The maximum atomic E-state index is 12.6. The van der Waals surface area contributed by atoms with Crippen LogP contribution in [0, 0.1) is 12.8 Å². The summed E-state index contributed by atoms with van der Waals surface area (Å²) in [7, 11) is 0. The van der Waals surface area contributed by atoms with Gasteiger partial charge in [-0.05, 0) is 44.5 Å². The van der Waals surface area contributed by atoms with Crippen molar-refractivity contribution in [2.45, 2.75) is 43.4 Å². The van der Waals surface area contributed by atoms with E-state index in [2.05, 4.69) is 31.2 Å². The van der Waals surface area contributed by atoms with Crippen LogP contribution in [0.2, 0.25) is 0 Å². The molecule has 1 aliphatic heterocycles. The smallest absolute Gasteiger partial charge is 0.289 e. The van der Waals surface area contributed by atoms with Gasteiger partial charge in [0.1, 0.15) is 5.76 Å². The number of rotatable bonds is 4. The van der Waals surface area contributed by atoms with E-state index in [1.165, 1.54) is 10.5 Å². The molecule has 0 saturated carbocycles. The van der Waals surface area contributed by atoms with E-state index in [9.17, 15) is 9.90 Å². The van der Waals surface area contributed by atoms with E-state index in [-0.39, 0.29) is 11.8 Å². The third-order valence-electron chi connectivity index (χ3n) is 5.01. The number of hydrogen-bond acceptors (Lipinski definition) is 4. The van der Waals surface area contributed by atoms with Crippen LogP contribution in [0.5, 0.6) is 0 Å². The highest BCUT2D eigenvalue weighted by Crippen LogP contribution is 2.29. The number of amides is 1. The van der Waals surface area contributed by atoms with Crippen molar-refractivity contribution in [3.8, 4) is 0 Å². The summed E-state index contributed by atoms with van der Waals surface area (Å²) in [4.78, 5) is 15.6. The van der Waals surface area contributed by atoms with Crippen molar-refractivity contribution in [3.05, 3.63) is 53.5 Å². The van der Waals surface area contributed by atoms with Gasteiger partial charge in [0.05, 0.1) is 11.4 Å². The largest absolute Gasteiger partial charge is 0.455 e. The highest BCUT2D eigenvalue weighted by Gasteiger charge is 2.36. The number of carbonyl (C=O) groups excluding carboxylic acids is 1. The number of hydrogen-bond donors (Lipinski definition) is 1. The van der Waals surface area contributed by atoms with Gasteiger partial charge in [0, 0.05) is 23.9 Å². The zero-order chi connectivity index (χ0) is 18.0. The van der Waals surface area contributed by atoms with Gasteiger partial charge in [0.15, 0.2) is 5.76 Å². The summed E-state index contributed by atoms with van der Waals surface area (Å²) in [5, 5.41) is 10.2. The summed E-state index contributed by atoms with van der Waals surface area (Å²) in [6, 6.07) is 12.0. The van der Waals surface area contributed by atoms with Gasteiger partial charge in [-0.1, -0.05) is 24.6 Å². The second kappa shape index (κ2) is 7.26. The van der Waals surface area contributed by atoms with Crippen molar-refractivity contribution < 1.29 is 14.3 Å². The van der Waals surface area contributed by atoms with Crippen molar-refractivity contribution in [1.29, 1.82) is 0 Å². The predicted octanol–water partition coefficient (Wildman–Crippen LogP) is 4.11. The highest BCUT2D eigenvalue weighted by atomic mass is 32.2. The van der Waals surface area contributed by atoms with Gasteiger partial charge in [-0.15, -0.1) is 11.8 Å². The molecule has 5 heteroatoms. The number of benzene rings is 1. The Hall–Kier alpha value is -1.72. The minimum absolute atomic E-state index is 0.0525. The quantitative estimate of drug-likeness (QED) is 0.835. The molecule has 1 saturated heterocycles. The van der Waals surface area contributed by atoms with Crippen molar-refractivity contribution >= 4 is 17.7 Å². The highest BCUT2D eigenvalue weighted by molar-refractivity contribution is 7.98. The fourth-order valence-corrected chi connectivity index (χ4v) is 3.72. The molecule has 1 aliphatic rings. The summed E-state index contributed by atoms with van der Waals surface area (Å²) in [5.74, 6) is 1.84. The predicted molar refractivity (Wildman–Crippen MR) is 99.8 cm³/mol. The van der Waals surface area contributed by atoms with Gasteiger partial charge in [0.25, 0.3) is 5.91 Å². The number of aryl methyl sites for hydroxylation is 1. The summed E-state index contributed by atoms with van der Waals surface area (Å²) in [6.45, 7) is 7.00. The lowest BCUT2D eigenvalue weighted by molar-refractivity contribution is -0.0445. The number of aliphatic hydroxyl groups is 1.